The number of halogens is 1. The summed E-state index contributed by atoms with van der Waals surface area (Å²) < 4.78 is 2.08. The molecule has 0 radical (unpaired) electrons. The molecule has 3 aromatic rings. The van der Waals surface area contributed by atoms with Gasteiger partial charge in [-0.1, -0.05) is 35.9 Å². The second-order valence-electron chi connectivity index (χ2n) is 7.07. The second-order valence-corrected chi connectivity index (χ2v) is 7.50. The Morgan fingerprint density at radius 1 is 0.966 bits per heavy atom. The first-order valence-corrected chi connectivity index (χ1v) is 9.62. The molecule has 1 fully saturated rings. The minimum absolute atomic E-state index is 0.108. The molecule has 0 atom stereocenters. The number of hydrogen-bond donors (Lipinski definition) is 1. The molecule has 2 heterocycles. The predicted molar refractivity (Wildman–Crippen MR) is 115 cm³/mol. The van der Waals surface area contributed by atoms with Crippen LogP contribution in [0.1, 0.15) is 22.5 Å². The van der Waals surface area contributed by atoms with Crippen LogP contribution in [0.5, 0.6) is 0 Å². The minimum atomic E-state index is -0.414. The number of carbonyl (C=O) groups excluding carboxylic acids is 2. The van der Waals surface area contributed by atoms with Gasteiger partial charge in [-0.2, -0.15) is 0 Å². The summed E-state index contributed by atoms with van der Waals surface area (Å²) in [4.78, 5) is 25.3. The number of aryl methyl sites for hydroxylation is 2. The summed E-state index contributed by atoms with van der Waals surface area (Å²) in [6.45, 7) is 5.97. The van der Waals surface area contributed by atoms with E-state index in [2.05, 4.69) is 9.99 Å². The van der Waals surface area contributed by atoms with E-state index in [9.17, 15) is 9.59 Å². The lowest BCUT2D eigenvalue weighted by Crippen LogP contribution is -2.35. The number of benzene rings is 2. The van der Waals surface area contributed by atoms with E-state index in [-0.39, 0.29) is 11.5 Å². The van der Waals surface area contributed by atoms with E-state index in [0.717, 1.165) is 28.2 Å². The highest BCUT2D eigenvalue weighted by molar-refractivity contribution is 6.31. The Morgan fingerprint density at radius 3 is 2.41 bits per heavy atom. The SMILES string of the molecule is Cc1ccc(Cl)cc1-n1c(C)cc(/C=C2/C(=O)NN(c3ccccc3)C2=O)c1C. The zero-order chi connectivity index (χ0) is 20.7. The van der Waals surface area contributed by atoms with Crippen LogP contribution in [0.25, 0.3) is 11.8 Å². The monoisotopic (exact) mass is 405 g/mol. The molecule has 6 heteroatoms. The van der Waals surface area contributed by atoms with Crippen LogP contribution in [0.2, 0.25) is 5.02 Å². The molecule has 1 N–H and O–H groups in total. The molecule has 1 aromatic heterocycles. The van der Waals surface area contributed by atoms with Crippen molar-refractivity contribution < 1.29 is 9.59 Å². The third-order valence-electron chi connectivity index (χ3n) is 5.09. The van der Waals surface area contributed by atoms with Crippen molar-refractivity contribution in [3.63, 3.8) is 0 Å². The van der Waals surface area contributed by atoms with Gasteiger partial charge >= 0.3 is 0 Å². The van der Waals surface area contributed by atoms with Crippen LogP contribution < -0.4 is 10.4 Å². The van der Waals surface area contributed by atoms with Gasteiger partial charge in [0.2, 0.25) is 0 Å². The maximum absolute atomic E-state index is 12.8. The van der Waals surface area contributed by atoms with E-state index in [0.29, 0.717) is 10.7 Å². The minimum Gasteiger partial charge on any atom is -0.318 e. The van der Waals surface area contributed by atoms with Crippen molar-refractivity contribution in [1.29, 1.82) is 0 Å². The fourth-order valence-corrected chi connectivity index (χ4v) is 3.77. The molecule has 4 rings (SSSR count). The van der Waals surface area contributed by atoms with Crippen LogP contribution in [-0.2, 0) is 9.59 Å². The Hall–Kier alpha value is -3.31. The highest BCUT2D eigenvalue weighted by Crippen LogP contribution is 2.28. The number of para-hydroxylation sites is 1. The van der Waals surface area contributed by atoms with E-state index in [1.54, 1.807) is 18.2 Å². The molecule has 0 aliphatic carbocycles. The molecule has 2 aromatic carbocycles. The van der Waals surface area contributed by atoms with Crippen molar-refractivity contribution in [2.45, 2.75) is 20.8 Å². The predicted octanol–water partition coefficient (Wildman–Crippen LogP) is 4.52. The maximum Gasteiger partial charge on any atom is 0.282 e. The molecule has 146 valence electrons. The van der Waals surface area contributed by atoms with Crippen LogP contribution in [-0.4, -0.2) is 16.4 Å². The molecular formula is C23H20ClN3O2. The van der Waals surface area contributed by atoms with Crippen LogP contribution >= 0.6 is 11.6 Å². The second kappa shape index (κ2) is 7.26. The third kappa shape index (κ3) is 3.34. The molecule has 29 heavy (non-hydrogen) atoms. The molecule has 2 amide bonds. The number of hydrogen-bond acceptors (Lipinski definition) is 2. The molecule has 1 aliphatic heterocycles. The summed E-state index contributed by atoms with van der Waals surface area (Å²) in [6, 6.07) is 16.7. The number of nitrogens with zero attached hydrogens (tertiary/aromatic N) is 2. The quantitative estimate of drug-likeness (QED) is 0.514. The van der Waals surface area contributed by atoms with Gasteiger partial charge < -0.3 is 4.57 Å². The van der Waals surface area contributed by atoms with Crippen molar-refractivity contribution in [2.75, 3.05) is 5.01 Å². The molecular weight excluding hydrogens is 386 g/mol. The van der Waals surface area contributed by atoms with E-state index < -0.39 is 5.91 Å². The zero-order valence-electron chi connectivity index (χ0n) is 16.4. The van der Waals surface area contributed by atoms with Gasteiger partial charge in [0, 0.05) is 22.1 Å². The van der Waals surface area contributed by atoms with Crippen molar-refractivity contribution in [1.82, 2.24) is 9.99 Å². The number of amides is 2. The highest BCUT2D eigenvalue weighted by atomic mass is 35.5. The summed E-state index contributed by atoms with van der Waals surface area (Å²) in [5.41, 5.74) is 8.16. The third-order valence-corrected chi connectivity index (χ3v) is 5.32. The number of hydrazine groups is 1. The molecule has 0 unspecified atom stereocenters. The summed E-state index contributed by atoms with van der Waals surface area (Å²) in [7, 11) is 0. The fourth-order valence-electron chi connectivity index (χ4n) is 3.60. The Kier molecular flexibility index (Phi) is 4.76. The first kappa shape index (κ1) is 19.0. The number of anilines is 1. The van der Waals surface area contributed by atoms with E-state index in [1.807, 2.05) is 63.2 Å². The van der Waals surface area contributed by atoms with Crippen LogP contribution in [0.4, 0.5) is 5.69 Å². The summed E-state index contributed by atoms with van der Waals surface area (Å²) in [5.74, 6) is -0.785. The largest absolute Gasteiger partial charge is 0.318 e. The highest BCUT2D eigenvalue weighted by Gasteiger charge is 2.34. The molecule has 1 saturated heterocycles. The average molecular weight is 406 g/mol. The molecule has 0 spiro atoms. The number of nitrogens with one attached hydrogen (secondary N) is 1. The molecule has 1 aliphatic rings. The fraction of sp³-hybridized carbons (Fsp3) is 0.130. The van der Waals surface area contributed by atoms with Gasteiger partial charge in [0.1, 0.15) is 5.57 Å². The van der Waals surface area contributed by atoms with Crippen LogP contribution in [0.3, 0.4) is 0 Å². The van der Waals surface area contributed by atoms with Gasteiger partial charge in [-0.25, -0.2) is 5.01 Å². The lowest BCUT2D eigenvalue weighted by atomic mass is 10.1. The van der Waals surface area contributed by atoms with Crippen molar-refractivity contribution in [3.05, 3.63) is 87.7 Å². The van der Waals surface area contributed by atoms with Gasteiger partial charge in [0.05, 0.1) is 5.69 Å². The maximum atomic E-state index is 12.8. The van der Waals surface area contributed by atoms with Crippen molar-refractivity contribution >= 4 is 35.2 Å². The van der Waals surface area contributed by atoms with E-state index in [1.165, 1.54) is 5.01 Å². The number of aromatic nitrogens is 1. The average Bonchev–Trinajstić information content (AvgIpc) is 3.14. The Morgan fingerprint density at radius 2 is 1.69 bits per heavy atom. The Balaban J connectivity index is 1.75. The molecule has 0 saturated carbocycles. The first-order chi connectivity index (χ1) is 13.9. The van der Waals surface area contributed by atoms with E-state index in [4.69, 9.17) is 11.6 Å². The van der Waals surface area contributed by atoms with E-state index >= 15 is 0 Å². The van der Waals surface area contributed by atoms with Crippen molar-refractivity contribution in [3.8, 4) is 5.69 Å². The summed E-state index contributed by atoms with van der Waals surface area (Å²) >= 11 is 6.20. The Bertz CT molecular complexity index is 1160. The number of rotatable bonds is 3. The smallest absolute Gasteiger partial charge is 0.282 e. The number of carbonyl (C=O) groups is 2. The summed E-state index contributed by atoms with van der Waals surface area (Å²) in [5, 5.41) is 1.93. The van der Waals surface area contributed by atoms with Gasteiger partial charge in [-0.15, -0.1) is 0 Å². The van der Waals surface area contributed by atoms with Gasteiger partial charge in [-0.3, -0.25) is 15.0 Å². The van der Waals surface area contributed by atoms with Gasteiger partial charge in [0.25, 0.3) is 11.8 Å². The lowest BCUT2D eigenvalue weighted by molar-refractivity contribution is -0.117. The Labute approximate surface area is 174 Å². The molecule has 5 nitrogen and oxygen atoms in total. The standard InChI is InChI=1S/C23H20ClN3O2/c1-14-9-10-18(24)13-21(14)26-15(2)11-17(16(26)3)12-20-22(28)25-27(23(20)29)19-7-5-4-6-8-19/h4-13H,1-3H3,(H,25,28)/b20-12-. The first-order valence-electron chi connectivity index (χ1n) is 9.24. The normalized spacial score (nSPS) is 15.3. The van der Waals surface area contributed by atoms with Gasteiger partial charge in [-0.05, 0) is 68.3 Å². The van der Waals surface area contributed by atoms with Crippen LogP contribution in [0, 0.1) is 20.8 Å². The zero-order valence-corrected chi connectivity index (χ0v) is 17.1. The topological polar surface area (TPSA) is 54.3 Å². The lowest BCUT2D eigenvalue weighted by Gasteiger charge is -2.14. The van der Waals surface area contributed by atoms with Crippen molar-refractivity contribution in [2.24, 2.45) is 0 Å². The summed E-state index contributed by atoms with van der Waals surface area (Å²) in [6.07, 6.45) is 1.65. The van der Waals surface area contributed by atoms with Crippen LogP contribution in [0.15, 0.2) is 60.2 Å². The van der Waals surface area contributed by atoms with Gasteiger partial charge in [0.15, 0.2) is 0 Å². The molecule has 0 bridgehead atoms.